The summed E-state index contributed by atoms with van der Waals surface area (Å²) in [5, 5.41) is 9.44. The smallest absolute Gasteiger partial charge is 0.219 e. The van der Waals surface area contributed by atoms with Crippen molar-refractivity contribution in [1.82, 2.24) is 4.98 Å². The van der Waals surface area contributed by atoms with E-state index < -0.39 is 6.10 Å². The van der Waals surface area contributed by atoms with Gasteiger partial charge in [0.15, 0.2) is 11.5 Å². The molecule has 0 bridgehead atoms. The van der Waals surface area contributed by atoms with Gasteiger partial charge in [-0.15, -0.1) is 0 Å². The van der Waals surface area contributed by atoms with Crippen LogP contribution in [0.5, 0.6) is 17.4 Å². The van der Waals surface area contributed by atoms with Gasteiger partial charge in [-0.2, -0.15) is 0 Å². The van der Waals surface area contributed by atoms with Crippen molar-refractivity contribution in [3.05, 3.63) is 48.2 Å². The maximum atomic E-state index is 9.44. The largest absolute Gasteiger partial charge is 0.490 e. The number of aliphatic hydroxyl groups excluding tert-OH is 1. The van der Waals surface area contributed by atoms with Crippen LogP contribution < -0.4 is 9.47 Å². The highest BCUT2D eigenvalue weighted by Crippen LogP contribution is 2.30. The first-order valence-electron chi connectivity index (χ1n) is 6.74. The average Bonchev–Trinajstić information content (AvgIpc) is 2.47. The Bertz CT molecular complexity index is 538. The van der Waals surface area contributed by atoms with Gasteiger partial charge in [-0.05, 0) is 37.1 Å². The Morgan fingerprint density at radius 1 is 1.15 bits per heavy atom. The fourth-order valence-electron chi connectivity index (χ4n) is 1.68. The molecular formula is C16H19NO3. The Morgan fingerprint density at radius 2 is 1.90 bits per heavy atom. The van der Waals surface area contributed by atoms with Crippen LogP contribution in [-0.4, -0.2) is 16.7 Å². The predicted octanol–water partition coefficient (Wildman–Crippen LogP) is 3.72. The third-order valence-electron chi connectivity index (χ3n) is 2.77. The highest BCUT2D eigenvalue weighted by Gasteiger charge is 2.07. The molecule has 4 nitrogen and oxygen atoms in total. The number of pyridine rings is 1. The molecule has 1 aromatic heterocycles. The van der Waals surface area contributed by atoms with Gasteiger partial charge in [-0.1, -0.05) is 19.1 Å². The number of para-hydroxylation sites is 2. The molecule has 2 aromatic rings. The Balaban J connectivity index is 2.13. The maximum Gasteiger partial charge on any atom is 0.219 e. The van der Waals surface area contributed by atoms with E-state index in [0.717, 1.165) is 12.0 Å². The Morgan fingerprint density at radius 3 is 2.50 bits per heavy atom. The molecule has 106 valence electrons. The minimum absolute atomic E-state index is 0.474. The van der Waals surface area contributed by atoms with Crippen LogP contribution in [0.2, 0.25) is 0 Å². The van der Waals surface area contributed by atoms with Crippen molar-refractivity contribution in [1.29, 1.82) is 0 Å². The molecule has 0 radical (unpaired) electrons. The number of benzene rings is 1. The molecule has 1 aromatic carbocycles. The summed E-state index contributed by atoms with van der Waals surface area (Å²) in [7, 11) is 0. The van der Waals surface area contributed by atoms with Gasteiger partial charge in [0.05, 0.1) is 12.7 Å². The van der Waals surface area contributed by atoms with Gasteiger partial charge in [0.2, 0.25) is 5.88 Å². The lowest BCUT2D eigenvalue weighted by molar-refractivity contribution is 0.198. The molecule has 0 fully saturated rings. The summed E-state index contributed by atoms with van der Waals surface area (Å²) in [5.41, 5.74) is 0.757. The van der Waals surface area contributed by atoms with Gasteiger partial charge in [-0.25, -0.2) is 4.98 Å². The Labute approximate surface area is 119 Å². The Kier molecular flexibility index (Phi) is 4.96. The zero-order valence-electron chi connectivity index (χ0n) is 11.7. The number of ether oxygens (including phenoxy) is 2. The van der Waals surface area contributed by atoms with E-state index in [1.165, 1.54) is 0 Å². The summed E-state index contributed by atoms with van der Waals surface area (Å²) in [5.74, 6) is 1.82. The number of nitrogens with zero attached hydrogens (tertiary/aromatic N) is 1. The van der Waals surface area contributed by atoms with E-state index in [2.05, 4.69) is 11.9 Å². The highest BCUT2D eigenvalue weighted by molar-refractivity contribution is 5.41. The van der Waals surface area contributed by atoms with Gasteiger partial charge in [0.1, 0.15) is 0 Å². The topological polar surface area (TPSA) is 51.6 Å². The summed E-state index contributed by atoms with van der Waals surface area (Å²) in [6.07, 6.45) is 2.02. The summed E-state index contributed by atoms with van der Waals surface area (Å²) < 4.78 is 11.4. The second-order valence-corrected chi connectivity index (χ2v) is 4.50. The molecule has 0 aliphatic carbocycles. The zero-order valence-corrected chi connectivity index (χ0v) is 11.7. The first-order chi connectivity index (χ1) is 9.70. The molecule has 1 atom stereocenters. The number of hydrogen-bond donors (Lipinski definition) is 1. The molecule has 2 rings (SSSR count). The third-order valence-corrected chi connectivity index (χ3v) is 2.77. The summed E-state index contributed by atoms with van der Waals surface area (Å²) >= 11 is 0. The molecule has 20 heavy (non-hydrogen) atoms. The second-order valence-electron chi connectivity index (χ2n) is 4.50. The molecule has 0 amide bonds. The van der Waals surface area contributed by atoms with E-state index in [9.17, 15) is 5.11 Å². The van der Waals surface area contributed by atoms with Crippen molar-refractivity contribution < 1.29 is 14.6 Å². The van der Waals surface area contributed by atoms with Crippen molar-refractivity contribution in [2.45, 2.75) is 26.4 Å². The molecule has 0 spiro atoms. The lowest BCUT2D eigenvalue weighted by Gasteiger charge is -2.11. The maximum absolute atomic E-state index is 9.44. The van der Waals surface area contributed by atoms with Crippen LogP contribution in [0.1, 0.15) is 31.9 Å². The van der Waals surface area contributed by atoms with Crippen LogP contribution in [-0.2, 0) is 0 Å². The van der Waals surface area contributed by atoms with Crippen molar-refractivity contribution in [3.63, 3.8) is 0 Å². The lowest BCUT2D eigenvalue weighted by Crippen LogP contribution is -1.98. The molecule has 1 heterocycles. The van der Waals surface area contributed by atoms with Crippen molar-refractivity contribution >= 4 is 0 Å². The van der Waals surface area contributed by atoms with Crippen LogP contribution in [0, 0.1) is 0 Å². The molecule has 1 N–H and O–H groups in total. The first kappa shape index (κ1) is 14.3. The van der Waals surface area contributed by atoms with E-state index in [1.807, 2.05) is 24.3 Å². The van der Waals surface area contributed by atoms with E-state index in [1.54, 1.807) is 25.3 Å². The molecule has 0 aliphatic rings. The van der Waals surface area contributed by atoms with E-state index in [0.29, 0.717) is 24.0 Å². The number of rotatable bonds is 6. The van der Waals surface area contributed by atoms with E-state index >= 15 is 0 Å². The summed E-state index contributed by atoms with van der Waals surface area (Å²) in [4.78, 5) is 4.18. The van der Waals surface area contributed by atoms with Gasteiger partial charge in [0, 0.05) is 12.3 Å². The van der Waals surface area contributed by atoms with Crippen molar-refractivity contribution in [2.24, 2.45) is 0 Å². The average molecular weight is 273 g/mol. The monoisotopic (exact) mass is 273 g/mol. The number of aromatic nitrogens is 1. The molecule has 0 saturated heterocycles. The van der Waals surface area contributed by atoms with E-state index in [-0.39, 0.29) is 0 Å². The molecule has 1 unspecified atom stereocenters. The number of aliphatic hydroxyl groups is 1. The summed E-state index contributed by atoms with van der Waals surface area (Å²) in [6.45, 7) is 4.40. The molecule has 0 aliphatic heterocycles. The second kappa shape index (κ2) is 6.91. The van der Waals surface area contributed by atoms with Crippen molar-refractivity contribution in [2.75, 3.05) is 6.61 Å². The van der Waals surface area contributed by atoms with Crippen LogP contribution in [0.4, 0.5) is 0 Å². The van der Waals surface area contributed by atoms with Crippen LogP contribution in [0.25, 0.3) is 0 Å². The standard InChI is InChI=1S/C16H19NO3/c1-3-10-19-14-6-4-5-7-15(14)20-16-9-8-13(11-17-16)12(2)18/h4-9,11-12,18H,3,10H2,1-2H3. The normalized spacial score (nSPS) is 11.9. The van der Waals surface area contributed by atoms with E-state index in [4.69, 9.17) is 9.47 Å². The fourth-order valence-corrected chi connectivity index (χ4v) is 1.68. The fraction of sp³-hybridized carbons (Fsp3) is 0.312. The SMILES string of the molecule is CCCOc1ccccc1Oc1ccc(C(C)O)cn1. The highest BCUT2D eigenvalue weighted by atomic mass is 16.5. The van der Waals surface area contributed by atoms with Gasteiger partial charge in [0.25, 0.3) is 0 Å². The quantitative estimate of drug-likeness (QED) is 0.871. The number of hydrogen-bond acceptors (Lipinski definition) is 4. The predicted molar refractivity (Wildman–Crippen MR) is 77.2 cm³/mol. The van der Waals surface area contributed by atoms with Gasteiger partial charge >= 0.3 is 0 Å². The van der Waals surface area contributed by atoms with Gasteiger partial charge < -0.3 is 14.6 Å². The van der Waals surface area contributed by atoms with Crippen LogP contribution in [0.3, 0.4) is 0 Å². The van der Waals surface area contributed by atoms with Crippen molar-refractivity contribution in [3.8, 4) is 17.4 Å². The molecule has 4 heteroatoms. The van der Waals surface area contributed by atoms with Gasteiger partial charge in [-0.3, -0.25) is 0 Å². The summed E-state index contributed by atoms with van der Waals surface area (Å²) in [6, 6.07) is 11.0. The molecular weight excluding hydrogens is 254 g/mol. The van der Waals surface area contributed by atoms with Crippen LogP contribution in [0.15, 0.2) is 42.6 Å². The molecule has 0 saturated carbocycles. The third kappa shape index (κ3) is 3.71. The first-order valence-corrected chi connectivity index (χ1v) is 6.74. The minimum atomic E-state index is -0.531. The lowest BCUT2D eigenvalue weighted by atomic mass is 10.2. The Hall–Kier alpha value is -2.07. The van der Waals surface area contributed by atoms with Crippen LogP contribution >= 0.6 is 0 Å². The zero-order chi connectivity index (χ0) is 14.4. The minimum Gasteiger partial charge on any atom is -0.490 e.